The first-order chi connectivity index (χ1) is 14.9. The summed E-state index contributed by atoms with van der Waals surface area (Å²) in [6.07, 6.45) is -0.743. The van der Waals surface area contributed by atoms with E-state index in [4.69, 9.17) is 5.73 Å². The number of aliphatic hydroxyl groups excluding tert-OH is 1. The molecule has 0 aliphatic carbocycles. The standard InChI is InChI=1S/C22H34N4O6/c1-12(2)10-17(22(31)32)26-20(29)16(11-15-8-6-5-7-9-15)25-19(28)13(3)24-21(30)18(23)14(4)27/h5-9,12-14,16-18,27H,10-11,23H2,1-4H3,(H,24,30)(H,25,28)(H,26,29)(H,31,32). The van der Waals surface area contributed by atoms with Gasteiger partial charge in [-0.15, -0.1) is 0 Å². The van der Waals surface area contributed by atoms with E-state index < -0.39 is 54.0 Å². The minimum absolute atomic E-state index is 0.0342. The second-order valence-electron chi connectivity index (χ2n) is 8.28. The second kappa shape index (κ2) is 12.8. The number of carboxylic acid groups (broad SMARTS) is 1. The summed E-state index contributed by atoms with van der Waals surface area (Å²) >= 11 is 0. The van der Waals surface area contributed by atoms with Gasteiger partial charge >= 0.3 is 5.97 Å². The zero-order valence-electron chi connectivity index (χ0n) is 18.9. The number of aliphatic carboxylic acids is 1. The topological polar surface area (TPSA) is 171 Å². The molecule has 1 rings (SSSR count). The monoisotopic (exact) mass is 450 g/mol. The molecule has 0 saturated heterocycles. The van der Waals surface area contributed by atoms with Crippen molar-refractivity contribution in [2.75, 3.05) is 0 Å². The van der Waals surface area contributed by atoms with Crippen molar-refractivity contribution in [1.82, 2.24) is 16.0 Å². The normalized spacial score (nSPS) is 15.7. The number of hydrogen-bond donors (Lipinski definition) is 6. The third-order valence-corrected chi connectivity index (χ3v) is 4.81. The lowest BCUT2D eigenvalue weighted by atomic mass is 10.0. The Morgan fingerprint density at radius 3 is 1.94 bits per heavy atom. The fourth-order valence-corrected chi connectivity index (χ4v) is 2.92. The number of benzene rings is 1. The van der Waals surface area contributed by atoms with E-state index in [1.807, 2.05) is 19.9 Å². The fraction of sp³-hybridized carbons (Fsp3) is 0.545. The molecule has 32 heavy (non-hydrogen) atoms. The lowest BCUT2D eigenvalue weighted by molar-refractivity contribution is -0.142. The Balaban J connectivity index is 2.95. The first-order valence-electron chi connectivity index (χ1n) is 10.5. The van der Waals surface area contributed by atoms with Crippen LogP contribution in [0.25, 0.3) is 0 Å². The largest absolute Gasteiger partial charge is 0.480 e. The first-order valence-corrected chi connectivity index (χ1v) is 10.5. The number of carbonyl (C=O) groups is 4. The molecule has 1 aromatic carbocycles. The van der Waals surface area contributed by atoms with Gasteiger partial charge in [0, 0.05) is 6.42 Å². The number of rotatable bonds is 12. The van der Waals surface area contributed by atoms with E-state index in [0.717, 1.165) is 5.56 Å². The van der Waals surface area contributed by atoms with Crippen LogP contribution in [0.15, 0.2) is 30.3 Å². The minimum Gasteiger partial charge on any atom is -0.480 e. The maximum atomic E-state index is 12.9. The van der Waals surface area contributed by atoms with Gasteiger partial charge in [-0.05, 0) is 31.7 Å². The van der Waals surface area contributed by atoms with Gasteiger partial charge in [0.25, 0.3) is 0 Å². The zero-order chi connectivity index (χ0) is 24.4. The molecule has 0 bridgehead atoms. The van der Waals surface area contributed by atoms with Crippen LogP contribution in [0.3, 0.4) is 0 Å². The summed E-state index contributed by atoms with van der Waals surface area (Å²) in [6, 6.07) is 4.53. The van der Waals surface area contributed by atoms with Crippen LogP contribution in [0, 0.1) is 5.92 Å². The minimum atomic E-state index is -1.21. The fourth-order valence-electron chi connectivity index (χ4n) is 2.92. The number of hydrogen-bond acceptors (Lipinski definition) is 6. The van der Waals surface area contributed by atoms with Gasteiger partial charge in [-0.25, -0.2) is 4.79 Å². The summed E-state index contributed by atoms with van der Waals surface area (Å²) in [6.45, 7) is 6.45. The Morgan fingerprint density at radius 1 is 0.875 bits per heavy atom. The lowest BCUT2D eigenvalue weighted by Gasteiger charge is -2.24. The van der Waals surface area contributed by atoms with E-state index in [-0.39, 0.29) is 18.8 Å². The van der Waals surface area contributed by atoms with Crippen molar-refractivity contribution in [3.8, 4) is 0 Å². The average Bonchev–Trinajstić information content (AvgIpc) is 2.72. The smallest absolute Gasteiger partial charge is 0.326 e. The van der Waals surface area contributed by atoms with E-state index in [0.29, 0.717) is 0 Å². The molecular formula is C22H34N4O6. The number of nitrogens with two attached hydrogens (primary N) is 1. The van der Waals surface area contributed by atoms with Gasteiger partial charge in [0.2, 0.25) is 17.7 Å². The van der Waals surface area contributed by atoms with Gasteiger partial charge < -0.3 is 31.9 Å². The Kier molecular flexibility index (Phi) is 10.8. The molecule has 7 N–H and O–H groups in total. The highest BCUT2D eigenvalue weighted by Crippen LogP contribution is 2.08. The molecule has 3 amide bonds. The van der Waals surface area contributed by atoms with Gasteiger partial charge in [0.1, 0.15) is 24.2 Å². The molecule has 10 heteroatoms. The molecule has 0 saturated carbocycles. The van der Waals surface area contributed by atoms with Crippen LogP contribution < -0.4 is 21.7 Å². The van der Waals surface area contributed by atoms with E-state index in [9.17, 15) is 29.4 Å². The Hall–Kier alpha value is -2.98. The van der Waals surface area contributed by atoms with Crippen molar-refractivity contribution < 1.29 is 29.4 Å². The predicted octanol–water partition coefficient (Wildman–Crippen LogP) is -0.458. The molecule has 5 unspecified atom stereocenters. The number of amides is 3. The van der Waals surface area contributed by atoms with E-state index in [2.05, 4.69) is 16.0 Å². The number of aliphatic hydroxyl groups is 1. The third-order valence-electron chi connectivity index (χ3n) is 4.81. The van der Waals surface area contributed by atoms with Crippen LogP contribution in [0.2, 0.25) is 0 Å². The molecular weight excluding hydrogens is 416 g/mol. The number of nitrogens with one attached hydrogen (secondary N) is 3. The van der Waals surface area contributed by atoms with E-state index in [1.165, 1.54) is 13.8 Å². The van der Waals surface area contributed by atoms with E-state index >= 15 is 0 Å². The molecule has 0 radical (unpaired) electrons. The lowest BCUT2D eigenvalue weighted by Crippen LogP contribution is -2.57. The maximum absolute atomic E-state index is 12.9. The molecule has 0 spiro atoms. The SMILES string of the molecule is CC(C)CC(NC(=O)C(Cc1ccccc1)NC(=O)C(C)NC(=O)C(N)C(C)O)C(=O)O. The summed E-state index contributed by atoms with van der Waals surface area (Å²) in [5, 5.41) is 26.3. The molecule has 5 atom stereocenters. The second-order valence-corrected chi connectivity index (χ2v) is 8.28. The Morgan fingerprint density at radius 2 is 1.44 bits per heavy atom. The van der Waals surface area contributed by atoms with Crippen molar-refractivity contribution in [3.05, 3.63) is 35.9 Å². The molecule has 1 aromatic rings. The molecule has 0 aromatic heterocycles. The van der Waals surface area contributed by atoms with Crippen molar-refractivity contribution in [2.45, 2.75) is 70.8 Å². The molecule has 0 aliphatic rings. The van der Waals surface area contributed by atoms with Crippen molar-refractivity contribution in [2.24, 2.45) is 11.7 Å². The van der Waals surface area contributed by atoms with Crippen molar-refractivity contribution >= 4 is 23.7 Å². The Bertz CT molecular complexity index is 784. The molecule has 0 aliphatic heterocycles. The van der Waals surface area contributed by atoms with Crippen LogP contribution in [-0.4, -0.2) is 64.2 Å². The van der Waals surface area contributed by atoms with Crippen LogP contribution in [0.5, 0.6) is 0 Å². The highest BCUT2D eigenvalue weighted by molar-refractivity contribution is 5.94. The zero-order valence-corrected chi connectivity index (χ0v) is 18.9. The summed E-state index contributed by atoms with van der Waals surface area (Å²) in [7, 11) is 0. The number of carbonyl (C=O) groups excluding carboxylic acids is 3. The van der Waals surface area contributed by atoms with Gasteiger partial charge in [0.15, 0.2) is 0 Å². The summed E-state index contributed by atoms with van der Waals surface area (Å²) in [5.41, 5.74) is 6.33. The predicted molar refractivity (Wildman–Crippen MR) is 118 cm³/mol. The van der Waals surface area contributed by atoms with Crippen LogP contribution in [-0.2, 0) is 25.6 Å². The third kappa shape index (κ3) is 9.03. The summed E-state index contributed by atoms with van der Waals surface area (Å²) < 4.78 is 0. The van der Waals surface area contributed by atoms with Crippen molar-refractivity contribution in [3.63, 3.8) is 0 Å². The van der Waals surface area contributed by atoms with Gasteiger partial charge in [-0.1, -0.05) is 44.2 Å². The highest BCUT2D eigenvalue weighted by atomic mass is 16.4. The quantitative estimate of drug-likeness (QED) is 0.250. The van der Waals surface area contributed by atoms with Gasteiger partial charge in [0.05, 0.1) is 6.10 Å². The Labute approximate surface area is 187 Å². The summed E-state index contributed by atoms with van der Waals surface area (Å²) in [4.78, 5) is 49.1. The van der Waals surface area contributed by atoms with E-state index in [1.54, 1.807) is 24.3 Å². The average molecular weight is 451 g/mol. The number of carboxylic acids is 1. The first kappa shape index (κ1) is 27.1. The molecule has 0 fully saturated rings. The highest BCUT2D eigenvalue weighted by Gasteiger charge is 2.29. The van der Waals surface area contributed by atoms with Crippen LogP contribution in [0.1, 0.15) is 39.7 Å². The molecule has 10 nitrogen and oxygen atoms in total. The van der Waals surface area contributed by atoms with Gasteiger partial charge in [-0.3, -0.25) is 14.4 Å². The van der Waals surface area contributed by atoms with Crippen LogP contribution >= 0.6 is 0 Å². The maximum Gasteiger partial charge on any atom is 0.326 e. The molecule has 0 heterocycles. The van der Waals surface area contributed by atoms with Crippen LogP contribution in [0.4, 0.5) is 0 Å². The van der Waals surface area contributed by atoms with Crippen molar-refractivity contribution in [1.29, 1.82) is 0 Å². The molecule has 178 valence electrons. The van der Waals surface area contributed by atoms with Gasteiger partial charge in [-0.2, -0.15) is 0 Å². The summed E-state index contributed by atoms with van der Waals surface area (Å²) in [5.74, 6) is -3.14.